The Kier molecular flexibility index (Phi) is 8.75. The first kappa shape index (κ1) is 17.4. The summed E-state index contributed by atoms with van der Waals surface area (Å²) in [5.41, 5.74) is 6.38. The molecule has 1 aromatic rings. The van der Waals surface area contributed by atoms with Gasteiger partial charge >= 0.3 is 29.6 Å². The normalized spacial score (nSPS) is 10.9. The van der Waals surface area contributed by atoms with Gasteiger partial charge in [-0.2, -0.15) is 11.8 Å². The van der Waals surface area contributed by atoms with Crippen LogP contribution in [0, 0.1) is 0 Å². The maximum Gasteiger partial charge on any atom is 1.00 e. The first-order valence-electron chi connectivity index (χ1n) is 4.86. The van der Waals surface area contributed by atoms with Gasteiger partial charge in [-0.15, -0.1) is 0 Å². The van der Waals surface area contributed by atoms with Crippen molar-refractivity contribution in [3.05, 3.63) is 29.8 Å². The minimum atomic E-state index is -4.32. The Bertz CT molecular complexity index is 420. The maximum atomic E-state index is 10.7. The minimum Gasteiger partial charge on any atom is -0.744 e. The Hall–Kier alpha value is 0.440. The summed E-state index contributed by atoms with van der Waals surface area (Å²) in [4.78, 5) is -0.175. The van der Waals surface area contributed by atoms with Crippen LogP contribution in [-0.2, 0) is 16.5 Å². The van der Waals surface area contributed by atoms with Crippen LogP contribution < -0.4 is 35.3 Å². The van der Waals surface area contributed by atoms with E-state index in [9.17, 15) is 13.0 Å². The van der Waals surface area contributed by atoms with E-state index in [1.807, 2.05) is 0 Å². The first-order valence-corrected chi connectivity index (χ1v) is 7.43. The van der Waals surface area contributed by atoms with Gasteiger partial charge in [0.15, 0.2) is 0 Å². The van der Waals surface area contributed by atoms with Crippen LogP contribution in [0.1, 0.15) is 5.56 Å². The molecule has 0 aliphatic heterocycles. The van der Waals surface area contributed by atoms with Gasteiger partial charge in [-0.05, 0) is 29.9 Å². The zero-order valence-electron chi connectivity index (χ0n) is 9.76. The van der Waals surface area contributed by atoms with Gasteiger partial charge in [0.1, 0.15) is 10.1 Å². The van der Waals surface area contributed by atoms with Crippen molar-refractivity contribution in [1.82, 2.24) is 0 Å². The molecule has 0 unspecified atom stereocenters. The van der Waals surface area contributed by atoms with Crippen LogP contribution in [0.5, 0.6) is 0 Å². The third-order valence-corrected chi connectivity index (χ3v) is 3.88. The third-order valence-electron chi connectivity index (χ3n) is 2.01. The summed E-state index contributed by atoms with van der Waals surface area (Å²) in [6.07, 6.45) is 0.851. The molecule has 0 amide bonds. The van der Waals surface area contributed by atoms with Crippen molar-refractivity contribution in [3.8, 4) is 0 Å². The van der Waals surface area contributed by atoms with E-state index in [4.69, 9.17) is 5.73 Å². The van der Waals surface area contributed by atoms with Crippen molar-refractivity contribution in [2.75, 3.05) is 18.1 Å². The van der Waals surface area contributed by atoms with Crippen LogP contribution in [0.3, 0.4) is 0 Å². The molecule has 17 heavy (non-hydrogen) atoms. The molecule has 0 heterocycles. The molecule has 0 atom stereocenters. The average Bonchev–Trinajstić information content (AvgIpc) is 2.24. The fourth-order valence-electron chi connectivity index (χ4n) is 1.20. The van der Waals surface area contributed by atoms with Gasteiger partial charge in [0.05, 0.1) is 4.90 Å². The summed E-state index contributed by atoms with van der Waals surface area (Å²) in [5.74, 6) is 1.87. The standard InChI is InChI=1S/C10H15NO3S2.Na/c11-6-8-15-7-5-9-1-3-10(4-2-9)16(12,13)14;/h1-4H,5-8,11H2,(H,12,13,14);/q;+1/p-1. The van der Waals surface area contributed by atoms with E-state index in [1.54, 1.807) is 23.9 Å². The predicted molar refractivity (Wildman–Crippen MR) is 64.5 cm³/mol. The summed E-state index contributed by atoms with van der Waals surface area (Å²) in [7, 11) is -4.32. The third kappa shape index (κ3) is 6.81. The maximum absolute atomic E-state index is 10.7. The van der Waals surface area contributed by atoms with Gasteiger partial charge in [-0.3, -0.25) is 0 Å². The summed E-state index contributed by atoms with van der Waals surface area (Å²) in [5, 5.41) is 0. The van der Waals surface area contributed by atoms with Crippen LogP contribution in [0.25, 0.3) is 0 Å². The molecule has 0 aliphatic rings. The van der Waals surface area contributed by atoms with E-state index in [0.717, 1.165) is 23.5 Å². The molecule has 0 aromatic heterocycles. The zero-order chi connectivity index (χ0) is 12.0. The smallest absolute Gasteiger partial charge is 0.744 e. The topological polar surface area (TPSA) is 83.2 Å². The van der Waals surface area contributed by atoms with E-state index in [2.05, 4.69) is 0 Å². The molecule has 1 rings (SSSR count). The number of hydrogen-bond acceptors (Lipinski definition) is 5. The Morgan fingerprint density at radius 2 is 1.76 bits per heavy atom. The van der Waals surface area contributed by atoms with E-state index >= 15 is 0 Å². The van der Waals surface area contributed by atoms with Gasteiger partial charge in [-0.25, -0.2) is 8.42 Å². The van der Waals surface area contributed by atoms with Crippen LogP contribution in [-0.4, -0.2) is 31.0 Å². The van der Waals surface area contributed by atoms with Crippen molar-refractivity contribution in [3.63, 3.8) is 0 Å². The summed E-state index contributed by atoms with van der Waals surface area (Å²) < 4.78 is 32.0. The molecule has 0 saturated carbocycles. The number of aryl methyl sites for hydroxylation is 1. The largest absolute Gasteiger partial charge is 1.00 e. The van der Waals surface area contributed by atoms with Crippen LogP contribution >= 0.6 is 11.8 Å². The van der Waals surface area contributed by atoms with Crippen LogP contribution in [0.15, 0.2) is 29.2 Å². The van der Waals surface area contributed by atoms with Crippen molar-refractivity contribution in [2.24, 2.45) is 5.73 Å². The average molecular weight is 283 g/mol. The number of hydrogen-bond donors (Lipinski definition) is 1. The Labute approximate surface area is 128 Å². The molecule has 7 heteroatoms. The molecule has 2 N–H and O–H groups in total. The Balaban J connectivity index is 0.00000256. The number of rotatable bonds is 6. The van der Waals surface area contributed by atoms with Crippen molar-refractivity contribution in [1.29, 1.82) is 0 Å². The van der Waals surface area contributed by atoms with Gasteiger partial charge in [0.2, 0.25) is 0 Å². The predicted octanol–water partition coefficient (Wildman–Crippen LogP) is -2.17. The molecule has 0 radical (unpaired) electrons. The van der Waals surface area contributed by atoms with Gasteiger partial charge in [0, 0.05) is 12.3 Å². The second kappa shape index (κ2) is 8.53. The van der Waals surface area contributed by atoms with E-state index in [1.165, 1.54) is 12.1 Å². The van der Waals surface area contributed by atoms with Crippen molar-refractivity contribution in [2.45, 2.75) is 11.3 Å². The van der Waals surface area contributed by atoms with Crippen molar-refractivity contribution < 1.29 is 42.5 Å². The molecule has 1 aromatic carbocycles. The molecule has 0 aliphatic carbocycles. The number of nitrogens with two attached hydrogens (primary N) is 1. The molecular formula is C10H14NNaO3S2. The van der Waals surface area contributed by atoms with Crippen molar-refractivity contribution >= 4 is 21.9 Å². The van der Waals surface area contributed by atoms with E-state index < -0.39 is 10.1 Å². The van der Waals surface area contributed by atoms with Crippen LogP contribution in [0.4, 0.5) is 0 Å². The second-order valence-electron chi connectivity index (χ2n) is 3.25. The molecule has 90 valence electrons. The van der Waals surface area contributed by atoms with Gasteiger partial charge < -0.3 is 10.3 Å². The molecule has 0 bridgehead atoms. The number of thioether (sulfide) groups is 1. The first-order chi connectivity index (χ1) is 7.54. The monoisotopic (exact) mass is 283 g/mol. The molecule has 4 nitrogen and oxygen atoms in total. The zero-order valence-corrected chi connectivity index (χ0v) is 13.4. The Morgan fingerprint density at radius 1 is 1.18 bits per heavy atom. The number of benzene rings is 1. The summed E-state index contributed by atoms with van der Waals surface area (Å²) in [6.45, 7) is 0.665. The van der Waals surface area contributed by atoms with E-state index in [0.29, 0.717) is 6.54 Å². The SMILES string of the molecule is NCCSCCc1ccc(S(=O)(=O)[O-])cc1.[Na+]. The van der Waals surface area contributed by atoms with Gasteiger partial charge in [-0.1, -0.05) is 12.1 Å². The van der Waals surface area contributed by atoms with E-state index in [-0.39, 0.29) is 34.5 Å². The molecule has 0 spiro atoms. The Morgan fingerprint density at radius 3 is 2.24 bits per heavy atom. The summed E-state index contributed by atoms with van der Waals surface area (Å²) >= 11 is 1.75. The minimum absolute atomic E-state index is 0. The molecule has 0 saturated heterocycles. The quantitative estimate of drug-likeness (QED) is 0.365. The molecular weight excluding hydrogens is 269 g/mol. The van der Waals surface area contributed by atoms with Gasteiger partial charge in [0.25, 0.3) is 0 Å². The fraction of sp³-hybridized carbons (Fsp3) is 0.400. The summed E-state index contributed by atoms with van der Waals surface area (Å²) in [6, 6.07) is 6.05. The fourth-order valence-corrected chi connectivity index (χ4v) is 2.42. The van der Waals surface area contributed by atoms with Crippen LogP contribution in [0.2, 0.25) is 0 Å². The second-order valence-corrected chi connectivity index (χ2v) is 5.85. The molecule has 0 fully saturated rings.